The van der Waals surface area contributed by atoms with Crippen LogP contribution in [0, 0.1) is 5.92 Å². The van der Waals surface area contributed by atoms with E-state index in [1.807, 2.05) is 24.3 Å². The molecule has 0 spiro atoms. The number of hydrogen-bond donors (Lipinski definition) is 3. The van der Waals surface area contributed by atoms with E-state index in [1.54, 1.807) is 0 Å². The molecule has 2 aromatic carbocycles. The number of carbonyl (C=O) groups is 3. The maximum Gasteiger partial charge on any atom is 0.407 e. The average molecular weight is 465 g/mol. The molecule has 0 radical (unpaired) electrons. The van der Waals surface area contributed by atoms with Crippen LogP contribution in [0.25, 0.3) is 11.1 Å². The van der Waals surface area contributed by atoms with E-state index in [2.05, 4.69) is 34.9 Å². The molecule has 5 rings (SSSR count). The van der Waals surface area contributed by atoms with Crippen LogP contribution in [0.5, 0.6) is 0 Å². The fourth-order valence-electron chi connectivity index (χ4n) is 4.97. The van der Waals surface area contributed by atoms with Crippen molar-refractivity contribution in [3.05, 3.63) is 59.7 Å². The van der Waals surface area contributed by atoms with E-state index in [4.69, 9.17) is 14.6 Å². The SMILES string of the molecule is O=C(CC1(NC(=O)OCC2c3ccccc3-c3ccccc32)CC1)NCC1CC(C(=O)O)CO1. The van der Waals surface area contributed by atoms with Gasteiger partial charge < -0.3 is 25.2 Å². The lowest BCUT2D eigenvalue weighted by Gasteiger charge is -2.19. The third kappa shape index (κ3) is 4.63. The number of amides is 2. The molecule has 8 nitrogen and oxygen atoms in total. The van der Waals surface area contributed by atoms with E-state index >= 15 is 0 Å². The third-order valence-corrected chi connectivity index (χ3v) is 7.02. The van der Waals surface area contributed by atoms with Crippen LogP contribution in [0.2, 0.25) is 0 Å². The molecular weight excluding hydrogens is 436 g/mol. The van der Waals surface area contributed by atoms with E-state index in [-0.39, 0.29) is 44.1 Å². The zero-order valence-electron chi connectivity index (χ0n) is 18.8. The summed E-state index contributed by atoms with van der Waals surface area (Å²) in [4.78, 5) is 36.0. The van der Waals surface area contributed by atoms with E-state index < -0.39 is 23.5 Å². The summed E-state index contributed by atoms with van der Waals surface area (Å²) in [5.41, 5.74) is 4.06. The van der Waals surface area contributed by atoms with E-state index in [9.17, 15) is 14.4 Å². The van der Waals surface area contributed by atoms with Crippen LogP contribution < -0.4 is 10.6 Å². The quantitative estimate of drug-likeness (QED) is 0.553. The van der Waals surface area contributed by atoms with Crippen molar-refractivity contribution < 1.29 is 29.0 Å². The Hall–Kier alpha value is -3.39. The van der Waals surface area contributed by atoms with Crippen LogP contribution in [0.15, 0.2) is 48.5 Å². The zero-order chi connectivity index (χ0) is 23.7. The number of carboxylic acid groups (broad SMARTS) is 1. The molecule has 3 aliphatic rings. The summed E-state index contributed by atoms with van der Waals surface area (Å²) in [6.07, 6.45) is 1.16. The predicted octanol–water partition coefficient (Wildman–Crippen LogP) is 3.05. The van der Waals surface area contributed by atoms with Crippen LogP contribution in [0.4, 0.5) is 4.79 Å². The van der Waals surface area contributed by atoms with Crippen molar-refractivity contribution in [3.8, 4) is 11.1 Å². The van der Waals surface area contributed by atoms with Crippen molar-refractivity contribution in [2.75, 3.05) is 19.8 Å². The number of rotatable bonds is 8. The monoisotopic (exact) mass is 464 g/mol. The highest BCUT2D eigenvalue weighted by Crippen LogP contribution is 2.44. The predicted molar refractivity (Wildman–Crippen MR) is 123 cm³/mol. The van der Waals surface area contributed by atoms with Gasteiger partial charge in [0.2, 0.25) is 5.91 Å². The summed E-state index contributed by atoms with van der Waals surface area (Å²) in [5, 5.41) is 14.7. The summed E-state index contributed by atoms with van der Waals surface area (Å²) < 4.78 is 11.0. The number of carboxylic acids is 1. The lowest BCUT2D eigenvalue weighted by Crippen LogP contribution is -2.42. The zero-order valence-corrected chi connectivity index (χ0v) is 18.8. The van der Waals surface area contributed by atoms with Gasteiger partial charge in [0.15, 0.2) is 0 Å². The number of fused-ring (bicyclic) bond motifs is 3. The van der Waals surface area contributed by atoms with Gasteiger partial charge in [-0.1, -0.05) is 48.5 Å². The fourth-order valence-corrected chi connectivity index (χ4v) is 4.97. The summed E-state index contributed by atoms with van der Waals surface area (Å²) in [5.74, 6) is -1.61. The van der Waals surface area contributed by atoms with Crippen molar-refractivity contribution in [1.29, 1.82) is 0 Å². The maximum atomic E-state index is 12.6. The van der Waals surface area contributed by atoms with Crippen LogP contribution in [0.1, 0.15) is 42.7 Å². The number of ether oxygens (including phenoxy) is 2. The molecule has 2 aromatic rings. The Labute approximate surface area is 197 Å². The average Bonchev–Trinajstić information content (AvgIpc) is 3.28. The molecular formula is C26H28N2O6. The second-order valence-electron chi connectivity index (χ2n) is 9.44. The number of alkyl carbamates (subject to hydrolysis) is 1. The molecule has 2 amide bonds. The first-order chi connectivity index (χ1) is 16.4. The van der Waals surface area contributed by atoms with Gasteiger partial charge in [-0.2, -0.15) is 0 Å². The Morgan fingerprint density at radius 1 is 1.03 bits per heavy atom. The fraction of sp³-hybridized carbons (Fsp3) is 0.423. The van der Waals surface area contributed by atoms with Crippen LogP contribution in [0.3, 0.4) is 0 Å². The van der Waals surface area contributed by atoms with Crippen LogP contribution in [-0.4, -0.2) is 54.5 Å². The number of carbonyl (C=O) groups excluding carboxylic acids is 2. The van der Waals surface area contributed by atoms with Crippen LogP contribution in [-0.2, 0) is 19.1 Å². The van der Waals surface area contributed by atoms with Gasteiger partial charge in [0.25, 0.3) is 0 Å². The summed E-state index contributed by atoms with van der Waals surface area (Å²) in [6.45, 7) is 0.665. The first kappa shape index (κ1) is 22.4. The molecule has 2 unspecified atom stereocenters. The van der Waals surface area contributed by atoms with Gasteiger partial charge in [0, 0.05) is 18.9 Å². The minimum absolute atomic E-state index is 0.0161. The van der Waals surface area contributed by atoms with Crippen molar-refractivity contribution in [3.63, 3.8) is 0 Å². The highest BCUT2D eigenvalue weighted by atomic mass is 16.5. The van der Waals surface area contributed by atoms with Gasteiger partial charge >= 0.3 is 12.1 Å². The van der Waals surface area contributed by atoms with Crippen molar-refractivity contribution >= 4 is 18.0 Å². The number of hydrogen-bond acceptors (Lipinski definition) is 5. The number of benzene rings is 2. The second-order valence-corrected chi connectivity index (χ2v) is 9.44. The first-order valence-corrected chi connectivity index (χ1v) is 11.7. The van der Waals surface area contributed by atoms with Crippen molar-refractivity contribution in [1.82, 2.24) is 10.6 Å². The van der Waals surface area contributed by atoms with E-state index in [1.165, 1.54) is 11.1 Å². The van der Waals surface area contributed by atoms with E-state index in [0.29, 0.717) is 19.3 Å². The standard InChI is InChI=1S/C26H28N2O6/c29-23(27-13-17-11-16(14-33-17)24(30)31)12-26(9-10-26)28-25(32)34-15-22-20-7-3-1-5-18(20)19-6-2-4-8-21(19)22/h1-8,16-17,22H,9-15H2,(H,27,29)(H,28,32)(H,30,31). The van der Waals surface area contributed by atoms with Gasteiger partial charge in [-0.25, -0.2) is 4.79 Å². The Morgan fingerprint density at radius 3 is 2.26 bits per heavy atom. The Morgan fingerprint density at radius 2 is 1.68 bits per heavy atom. The van der Waals surface area contributed by atoms with Gasteiger partial charge in [-0.3, -0.25) is 9.59 Å². The molecule has 1 heterocycles. The van der Waals surface area contributed by atoms with Gasteiger partial charge in [-0.15, -0.1) is 0 Å². The lowest BCUT2D eigenvalue weighted by molar-refractivity contribution is -0.141. The molecule has 0 aromatic heterocycles. The molecule has 1 saturated heterocycles. The van der Waals surface area contributed by atoms with Gasteiger partial charge in [-0.05, 0) is 41.5 Å². The minimum Gasteiger partial charge on any atom is -0.481 e. The number of aliphatic carboxylic acids is 1. The summed E-state index contributed by atoms with van der Waals surface area (Å²) in [7, 11) is 0. The Balaban J connectivity index is 1.11. The maximum absolute atomic E-state index is 12.6. The highest BCUT2D eigenvalue weighted by Gasteiger charge is 2.46. The molecule has 3 N–H and O–H groups in total. The second kappa shape index (κ2) is 9.10. The third-order valence-electron chi connectivity index (χ3n) is 7.02. The molecule has 0 bridgehead atoms. The Bertz CT molecular complexity index is 1070. The molecule has 1 saturated carbocycles. The topological polar surface area (TPSA) is 114 Å². The van der Waals surface area contributed by atoms with Crippen LogP contribution >= 0.6 is 0 Å². The minimum atomic E-state index is -0.877. The molecule has 2 atom stereocenters. The molecule has 178 valence electrons. The molecule has 34 heavy (non-hydrogen) atoms. The normalized spacial score (nSPS) is 21.9. The first-order valence-electron chi connectivity index (χ1n) is 11.7. The summed E-state index contributed by atoms with van der Waals surface area (Å²) >= 11 is 0. The number of nitrogens with one attached hydrogen (secondary N) is 2. The highest BCUT2D eigenvalue weighted by molar-refractivity contribution is 5.80. The van der Waals surface area contributed by atoms with E-state index in [0.717, 1.165) is 11.1 Å². The van der Waals surface area contributed by atoms with Gasteiger partial charge in [0.1, 0.15) is 6.61 Å². The largest absolute Gasteiger partial charge is 0.481 e. The Kier molecular flexibility index (Phi) is 6.00. The smallest absolute Gasteiger partial charge is 0.407 e. The van der Waals surface area contributed by atoms with Gasteiger partial charge in [0.05, 0.1) is 24.2 Å². The molecule has 2 fully saturated rings. The molecule has 1 aliphatic heterocycles. The molecule has 2 aliphatic carbocycles. The molecule has 8 heteroatoms. The van der Waals surface area contributed by atoms with Crippen molar-refractivity contribution in [2.45, 2.75) is 43.2 Å². The summed E-state index contributed by atoms with van der Waals surface area (Å²) in [6, 6.07) is 16.3. The van der Waals surface area contributed by atoms with Crippen molar-refractivity contribution in [2.24, 2.45) is 5.92 Å². The lowest BCUT2D eigenvalue weighted by atomic mass is 9.98.